The Hall–Kier alpha value is -2.05. The van der Waals surface area contributed by atoms with Crippen LogP contribution in [0.4, 0.5) is 11.5 Å². The van der Waals surface area contributed by atoms with Crippen molar-refractivity contribution in [2.45, 2.75) is 6.42 Å². The molecule has 3 aromatic rings. The largest absolute Gasteiger partial charge is 0.493 e. The normalized spacial score (nSPS) is 14.8. The van der Waals surface area contributed by atoms with E-state index in [1.165, 1.54) is 0 Å². The molecule has 29 heavy (non-hydrogen) atoms. The maximum Gasteiger partial charge on any atom is 0.131 e. The van der Waals surface area contributed by atoms with Gasteiger partial charge in [0, 0.05) is 40.8 Å². The number of anilines is 2. The van der Waals surface area contributed by atoms with Crippen molar-refractivity contribution >= 4 is 45.6 Å². The van der Waals surface area contributed by atoms with Crippen molar-refractivity contribution in [1.29, 1.82) is 0 Å². The highest BCUT2D eigenvalue weighted by Crippen LogP contribution is 2.28. The van der Waals surface area contributed by atoms with Gasteiger partial charge in [-0.2, -0.15) is 0 Å². The number of morpholine rings is 1. The molecule has 0 unspecified atom stereocenters. The van der Waals surface area contributed by atoms with E-state index >= 15 is 0 Å². The molecule has 1 aromatic heterocycles. The van der Waals surface area contributed by atoms with Gasteiger partial charge in [-0.15, -0.1) is 0 Å². The number of fused-ring (bicyclic) bond motifs is 1. The number of nitrogens with zero attached hydrogens (tertiary/aromatic N) is 2. The number of nitrogens with one attached hydrogen (secondary N) is 1. The minimum absolute atomic E-state index is 0.577. The van der Waals surface area contributed by atoms with Crippen LogP contribution in [-0.4, -0.2) is 49.3 Å². The van der Waals surface area contributed by atoms with E-state index in [2.05, 4.69) is 10.2 Å². The minimum atomic E-state index is 0.577. The Labute approximate surface area is 180 Å². The molecule has 152 valence electrons. The lowest BCUT2D eigenvalue weighted by Gasteiger charge is -2.26. The lowest BCUT2D eigenvalue weighted by atomic mass is 10.2. The van der Waals surface area contributed by atoms with Gasteiger partial charge < -0.3 is 14.8 Å². The van der Waals surface area contributed by atoms with E-state index in [1.807, 2.05) is 42.5 Å². The van der Waals surface area contributed by atoms with Crippen LogP contribution in [0.2, 0.25) is 10.0 Å². The fourth-order valence-corrected chi connectivity index (χ4v) is 3.92. The van der Waals surface area contributed by atoms with E-state index in [1.54, 1.807) is 6.07 Å². The zero-order chi connectivity index (χ0) is 20.1. The van der Waals surface area contributed by atoms with E-state index in [0.717, 1.165) is 67.4 Å². The zero-order valence-electron chi connectivity index (χ0n) is 16.0. The third-order valence-corrected chi connectivity index (χ3v) is 5.24. The smallest absolute Gasteiger partial charge is 0.131 e. The molecule has 0 amide bonds. The van der Waals surface area contributed by atoms with E-state index in [4.69, 9.17) is 37.7 Å². The van der Waals surface area contributed by atoms with Crippen LogP contribution < -0.4 is 10.1 Å². The zero-order valence-corrected chi connectivity index (χ0v) is 17.5. The first-order valence-corrected chi connectivity index (χ1v) is 10.5. The van der Waals surface area contributed by atoms with Crippen LogP contribution in [0.3, 0.4) is 0 Å². The van der Waals surface area contributed by atoms with Crippen molar-refractivity contribution in [2.24, 2.45) is 0 Å². The van der Waals surface area contributed by atoms with Crippen molar-refractivity contribution in [3.8, 4) is 5.75 Å². The van der Waals surface area contributed by atoms with Gasteiger partial charge in [0.2, 0.25) is 0 Å². The van der Waals surface area contributed by atoms with Gasteiger partial charge in [0.15, 0.2) is 0 Å². The van der Waals surface area contributed by atoms with Crippen LogP contribution in [0.15, 0.2) is 48.5 Å². The number of benzene rings is 2. The molecule has 0 atom stereocenters. The molecule has 0 spiro atoms. The summed E-state index contributed by atoms with van der Waals surface area (Å²) < 4.78 is 11.4. The average Bonchev–Trinajstić information content (AvgIpc) is 2.71. The Balaban J connectivity index is 1.40. The third kappa shape index (κ3) is 5.52. The van der Waals surface area contributed by atoms with Crippen molar-refractivity contribution in [1.82, 2.24) is 9.88 Å². The fraction of sp³-hybridized carbons (Fsp3) is 0.318. The number of halogens is 2. The van der Waals surface area contributed by atoms with Crippen LogP contribution in [-0.2, 0) is 4.74 Å². The first-order valence-electron chi connectivity index (χ1n) is 9.73. The third-order valence-electron chi connectivity index (χ3n) is 4.81. The van der Waals surface area contributed by atoms with Crippen molar-refractivity contribution in [3.05, 3.63) is 58.6 Å². The highest BCUT2D eigenvalue weighted by Gasteiger charge is 2.10. The Bertz CT molecular complexity index is 957. The topological polar surface area (TPSA) is 46.6 Å². The quantitative estimate of drug-likeness (QED) is 0.508. The maximum atomic E-state index is 6.07. The molecular weight excluding hydrogens is 409 g/mol. The van der Waals surface area contributed by atoms with Gasteiger partial charge in [-0.3, -0.25) is 4.90 Å². The highest BCUT2D eigenvalue weighted by molar-refractivity contribution is 6.35. The standard InChI is InChI=1S/C22H23Cl2N3O2/c23-16-13-17(24)15-18(14-16)25-22-6-5-19-20(26-22)3-1-4-21(19)29-10-2-7-27-8-11-28-12-9-27/h1,3-6,13-15H,2,7-12H2,(H,25,26). The summed E-state index contributed by atoms with van der Waals surface area (Å²) in [5, 5.41) is 5.40. The molecule has 4 rings (SSSR count). The van der Waals surface area contributed by atoms with Crippen LogP contribution in [0.5, 0.6) is 5.75 Å². The lowest BCUT2D eigenvalue weighted by Crippen LogP contribution is -2.37. The molecule has 1 aliphatic rings. The van der Waals surface area contributed by atoms with E-state index in [-0.39, 0.29) is 0 Å². The molecule has 2 aromatic carbocycles. The number of hydrogen-bond acceptors (Lipinski definition) is 5. The summed E-state index contributed by atoms with van der Waals surface area (Å²) in [6.45, 7) is 5.37. The second-order valence-corrected chi connectivity index (χ2v) is 7.83. The molecule has 0 aliphatic carbocycles. The van der Waals surface area contributed by atoms with Gasteiger partial charge in [0.05, 0.1) is 25.3 Å². The molecule has 1 saturated heterocycles. The highest BCUT2D eigenvalue weighted by atomic mass is 35.5. The number of hydrogen-bond donors (Lipinski definition) is 1. The second kappa shape index (κ2) is 9.63. The summed E-state index contributed by atoms with van der Waals surface area (Å²) in [6.07, 6.45) is 0.985. The van der Waals surface area contributed by atoms with Crippen molar-refractivity contribution in [2.75, 3.05) is 44.8 Å². The monoisotopic (exact) mass is 431 g/mol. The lowest BCUT2D eigenvalue weighted by molar-refractivity contribution is 0.0358. The van der Waals surface area contributed by atoms with Crippen molar-refractivity contribution in [3.63, 3.8) is 0 Å². The summed E-state index contributed by atoms with van der Waals surface area (Å²) in [7, 11) is 0. The van der Waals surface area contributed by atoms with Gasteiger partial charge in [0.25, 0.3) is 0 Å². The van der Waals surface area contributed by atoms with Gasteiger partial charge in [-0.05, 0) is 48.9 Å². The van der Waals surface area contributed by atoms with Gasteiger partial charge >= 0.3 is 0 Å². The molecule has 0 bridgehead atoms. The van der Waals surface area contributed by atoms with Gasteiger partial charge in [0.1, 0.15) is 11.6 Å². The van der Waals surface area contributed by atoms with Crippen LogP contribution in [0.25, 0.3) is 10.9 Å². The number of pyridine rings is 1. The SMILES string of the molecule is Clc1cc(Cl)cc(Nc2ccc3c(OCCCN4CCOCC4)cccc3n2)c1. The molecule has 5 nitrogen and oxygen atoms in total. The Morgan fingerprint density at radius 1 is 1.03 bits per heavy atom. The summed E-state index contributed by atoms with van der Waals surface area (Å²) in [5.41, 5.74) is 1.67. The molecule has 1 fully saturated rings. The average molecular weight is 432 g/mol. The first kappa shape index (κ1) is 20.2. The van der Waals surface area contributed by atoms with E-state index in [9.17, 15) is 0 Å². The molecule has 0 saturated carbocycles. The van der Waals surface area contributed by atoms with E-state index < -0.39 is 0 Å². The summed E-state index contributed by atoms with van der Waals surface area (Å²) in [5.74, 6) is 1.58. The molecule has 2 heterocycles. The van der Waals surface area contributed by atoms with Gasteiger partial charge in [-0.1, -0.05) is 29.3 Å². The minimum Gasteiger partial charge on any atom is -0.493 e. The Kier molecular flexibility index (Phi) is 6.72. The van der Waals surface area contributed by atoms with Crippen LogP contribution >= 0.6 is 23.2 Å². The number of rotatable bonds is 7. The fourth-order valence-electron chi connectivity index (χ4n) is 3.39. The van der Waals surface area contributed by atoms with Crippen molar-refractivity contribution < 1.29 is 9.47 Å². The summed E-state index contributed by atoms with van der Waals surface area (Å²) in [4.78, 5) is 7.11. The van der Waals surface area contributed by atoms with E-state index in [0.29, 0.717) is 16.7 Å². The summed E-state index contributed by atoms with van der Waals surface area (Å²) >= 11 is 12.1. The first-order chi connectivity index (χ1) is 14.2. The van der Waals surface area contributed by atoms with Crippen LogP contribution in [0.1, 0.15) is 6.42 Å². The predicted octanol–water partition coefficient (Wildman–Crippen LogP) is 5.39. The predicted molar refractivity (Wildman–Crippen MR) is 119 cm³/mol. The maximum absolute atomic E-state index is 6.07. The summed E-state index contributed by atoms with van der Waals surface area (Å²) in [6, 6.07) is 15.2. The Morgan fingerprint density at radius 3 is 2.62 bits per heavy atom. The number of ether oxygens (including phenoxy) is 2. The van der Waals surface area contributed by atoms with Gasteiger partial charge in [-0.25, -0.2) is 4.98 Å². The molecular formula is C22H23Cl2N3O2. The molecule has 7 heteroatoms. The Morgan fingerprint density at radius 2 is 1.83 bits per heavy atom. The number of aromatic nitrogens is 1. The molecule has 1 aliphatic heterocycles. The second-order valence-electron chi connectivity index (χ2n) is 6.96. The molecule has 0 radical (unpaired) electrons. The molecule has 1 N–H and O–H groups in total. The van der Waals surface area contributed by atoms with Crippen LogP contribution in [0, 0.1) is 0 Å².